The van der Waals surface area contributed by atoms with Crippen LogP contribution in [0.1, 0.15) is 17.5 Å². The first-order chi connectivity index (χ1) is 8.75. The van der Waals surface area contributed by atoms with Gasteiger partial charge in [0.15, 0.2) is 0 Å². The molecule has 1 unspecified atom stereocenters. The minimum absolute atomic E-state index is 0.661. The highest BCUT2D eigenvalue weighted by molar-refractivity contribution is 7.84. The second-order valence-electron chi connectivity index (χ2n) is 4.67. The Kier molecular flexibility index (Phi) is 5.20. The molecule has 0 aromatic heterocycles. The summed E-state index contributed by atoms with van der Waals surface area (Å²) < 4.78 is 16.4. The van der Waals surface area contributed by atoms with Crippen LogP contribution in [0.2, 0.25) is 0 Å². The van der Waals surface area contributed by atoms with Gasteiger partial charge in [-0.25, -0.2) is 0 Å². The lowest BCUT2D eigenvalue weighted by molar-refractivity contribution is 0.357. The van der Waals surface area contributed by atoms with E-state index in [2.05, 4.69) is 23.5 Å². The Hall–Kier alpha value is -0.870. The monoisotopic (exact) mass is 267 g/mol. The van der Waals surface area contributed by atoms with Crippen LogP contribution in [-0.4, -0.2) is 35.9 Å². The van der Waals surface area contributed by atoms with E-state index in [1.807, 2.05) is 0 Å². The second kappa shape index (κ2) is 6.90. The number of ether oxygens (including phenoxy) is 1. The molecule has 100 valence electrons. The van der Waals surface area contributed by atoms with Gasteiger partial charge in [0.2, 0.25) is 0 Å². The molecule has 0 spiro atoms. The summed E-state index contributed by atoms with van der Waals surface area (Å²) >= 11 is 0. The fraction of sp³-hybridized carbons (Fsp3) is 0.571. The molecular weight excluding hydrogens is 246 g/mol. The van der Waals surface area contributed by atoms with Crippen molar-refractivity contribution in [3.05, 3.63) is 29.3 Å². The van der Waals surface area contributed by atoms with Crippen molar-refractivity contribution in [2.24, 2.45) is 0 Å². The Morgan fingerprint density at radius 2 is 2.28 bits per heavy atom. The minimum Gasteiger partial charge on any atom is -0.493 e. The van der Waals surface area contributed by atoms with Crippen molar-refractivity contribution in [3.63, 3.8) is 0 Å². The van der Waals surface area contributed by atoms with Crippen LogP contribution < -0.4 is 10.1 Å². The first-order valence-corrected chi connectivity index (χ1v) is 8.24. The van der Waals surface area contributed by atoms with Crippen molar-refractivity contribution in [3.8, 4) is 5.75 Å². The second-order valence-corrected chi connectivity index (χ2v) is 6.23. The lowest BCUT2D eigenvalue weighted by Crippen LogP contribution is -2.19. The van der Waals surface area contributed by atoms with Gasteiger partial charge in [-0.1, -0.05) is 12.1 Å². The third-order valence-electron chi connectivity index (χ3n) is 3.13. The van der Waals surface area contributed by atoms with Crippen molar-refractivity contribution < 1.29 is 8.95 Å². The van der Waals surface area contributed by atoms with Crippen molar-refractivity contribution in [2.75, 3.05) is 31.7 Å². The number of fused-ring (bicyclic) bond motifs is 1. The molecule has 1 aromatic carbocycles. The van der Waals surface area contributed by atoms with Crippen LogP contribution >= 0.6 is 0 Å². The van der Waals surface area contributed by atoms with Crippen molar-refractivity contribution in [2.45, 2.75) is 19.3 Å². The van der Waals surface area contributed by atoms with Crippen molar-refractivity contribution in [1.82, 2.24) is 5.32 Å². The smallest absolute Gasteiger partial charge is 0.122 e. The molecule has 0 aliphatic carbocycles. The zero-order valence-corrected chi connectivity index (χ0v) is 11.7. The van der Waals surface area contributed by atoms with Gasteiger partial charge in [0.1, 0.15) is 5.75 Å². The molecule has 0 saturated carbocycles. The van der Waals surface area contributed by atoms with E-state index < -0.39 is 10.8 Å². The van der Waals surface area contributed by atoms with Gasteiger partial charge in [-0.15, -0.1) is 0 Å². The van der Waals surface area contributed by atoms with Gasteiger partial charge in [-0.2, -0.15) is 0 Å². The van der Waals surface area contributed by atoms with E-state index in [9.17, 15) is 4.21 Å². The quantitative estimate of drug-likeness (QED) is 0.761. The Bertz CT molecular complexity index is 420. The molecular formula is C14H21NO2S. The molecule has 0 fully saturated rings. The SMILES string of the molecule is CS(=O)CCCNCCc1ccc2c(c1)CCO2. The Labute approximate surface area is 111 Å². The minimum atomic E-state index is -0.661. The number of nitrogens with one attached hydrogen (secondary N) is 1. The van der Waals surface area contributed by atoms with Gasteiger partial charge in [0.05, 0.1) is 6.61 Å². The molecule has 0 amide bonds. The zero-order valence-electron chi connectivity index (χ0n) is 10.9. The predicted molar refractivity (Wildman–Crippen MR) is 75.8 cm³/mol. The average Bonchev–Trinajstić information content (AvgIpc) is 2.80. The fourth-order valence-corrected chi connectivity index (χ4v) is 2.70. The lowest BCUT2D eigenvalue weighted by Gasteiger charge is -2.06. The Balaban J connectivity index is 1.66. The van der Waals surface area contributed by atoms with Gasteiger partial charge in [-0.05, 0) is 43.1 Å². The third kappa shape index (κ3) is 4.10. The van der Waals surface area contributed by atoms with Gasteiger partial charge >= 0.3 is 0 Å². The lowest BCUT2D eigenvalue weighted by atomic mass is 10.1. The number of hydrogen-bond donors (Lipinski definition) is 1. The number of hydrogen-bond acceptors (Lipinski definition) is 3. The average molecular weight is 267 g/mol. The van der Waals surface area contributed by atoms with E-state index in [-0.39, 0.29) is 0 Å². The molecule has 3 nitrogen and oxygen atoms in total. The molecule has 1 heterocycles. The maximum absolute atomic E-state index is 10.9. The molecule has 1 aliphatic heterocycles. The normalized spacial score (nSPS) is 15.2. The summed E-state index contributed by atoms with van der Waals surface area (Å²) in [6, 6.07) is 6.48. The van der Waals surface area contributed by atoms with Gasteiger partial charge in [-0.3, -0.25) is 4.21 Å². The largest absolute Gasteiger partial charge is 0.493 e. The van der Waals surface area contributed by atoms with Gasteiger partial charge in [0, 0.05) is 29.2 Å². The Morgan fingerprint density at radius 3 is 3.11 bits per heavy atom. The fourth-order valence-electron chi connectivity index (χ4n) is 2.15. The van der Waals surface area contributed by atoms with Crippen LogP contribution in [0.25, 0.3) is 0 Å². The predicted octanol–water partition coefficient (Wildman–Crippen LogP) is 1.52. The first-order valence-electron chi connectivity index (χ1n) is 6.51. The van der Waals surface area contributed by atoms with E-state index in [1.165, 1.54) is 11.1 Å². The van der Waals surface area contributed by atoms with Crippen LogP contribution in [0, 0.1) is 0 Å². The molecule has 1 aliphatic rings. The molecule has 1 atom stereocenters. The Morgan fingerprint density at radius 1 is 1.39 bits per heavy atom. The summed E-state index contributed by atoms with van der Waals surface area (Å²) in [4.78, 5) is 0. The standard InChI is InChI=1S/C14H21NO2S/c1-18(16)10-2-7-15-8-5-12-3-4-14-13(11-12)6-9-17-14/h3-4,11,15H,2,5-10H2,1H3. The molecule has 4 heteroatoms. The van der Waals surface area contributed by atoms with Crippen molar-refractivity contribution in [1.29, 1.82) is 0 Å². The molecule has 0 radical (unpaired) electrons. The summed E-state index contributed by atoms with van der Waals surface area (Å²) in [5.41, 5.74) is 2.71. The summed E-state index contributed by atoms with van der Waals surface area (Å²) in [6.07, 6.45) is 4.83. The van der Waals surface area contributed by atoms with Crippen LogP contribution in [0.3, 0.4) is 0 Å². The molecule has 1 N–H and O–H groups in total. The van der Waals surface area contributed by atoms with Crippen LogP contribution in [0.5, 0.6) is 5.75 Å². The number of rotatable bonds is 7. The maximum atomic E-state index is 10.9. The molecule has 2 rings (SSSR count). The highest BCUT2D eigenvalue weighted by Crippen LogP contribution is 2.25. The molecule has 0 saturated heterocycles. The highest BCUT2D eigenvalue weighted by Gasteiger charge is 2.11. The summed E-state index contributed by atoms with van der Waals surface area (Å²) in [7, 11) is -0.661. The highest BCUT2D eigenvalue weighted by atomic mass is 32.2. The van der Waals surface area contributed by atoms with E-state index in [0.29, 0.717) is 0 Å². The number of benzene rings is 1. The summed E-state index contributed by atoms with van der Waals surface area (Å²) in [5.74, 6) is 1.85. The molecule has 1 aromatic rings. The molecule has 0 bridgehead atoms. The topological polar surface area (TPSA) is 38.3 Å². The molecule has 18 heavy (non-hydrogen) atoms. The van der Waals surface area contributed by atoms with Crippen molar-refractivity contribution >= 4 is 10.8 Å². The maximum Gasteiger partial charge on any atom is 0.122 e. The van der Waals surface area contributed by atoms with E-state index in [0.717, 1.165) is 50.5 Å². The third-order valence-corrected chi connectivity index (χ3v) is 3.99. The van der Waals surface area contributed by atoms with E-state index in [1.54, 1.807) is 6.26 Å². The van der Waals surface area contributed by atoms with Crippen LogP contribution in [-0.2, 0) is 23.6 Å². The first kappa shape index (κ1) is 13.6. The van der Waals surface area contributed by atoms with E-state index >= 15 is 0 Å². The van der Waals surface area contributed by atoms with Gasteiger partial charge in [0.25, 0.3) is 0 Å². The van der Waals surface area contributed by atoms with Gasteiger partial charge < -0.3 is 10.1 Å². The summed E-state index contributed by atoms with van der Waals surface area (Å²) in [6.45, 7) is 2.76. The van der Waals surface area contributed by atoms with Crippen LogP contribution in [0.4, 0.5) is 0 Å². The van der Waals surface area contributed by atoms with E-state index in [4.69, 9.17) is 4.74 Å². The van der Waals surface area contributed by atoms with Crippen LogP contribution in [0.15, 0.2) is 18.2 Å². The zero-order chi connectivity index (χ0) is 12.8. The summed E-state index contributed by atoms with van der Waals surface area (Å²) in [5, 5.41) is 3.39.